The van der Waals surface area contributed by atoms with Crippen LogP contribution < -0.4 is 19.5 Å². The molecule has 0 aliphatic carbocycles. The molecule has 0 bridgehead atoms. The van der Waals surface area contributed by atoms with E-state index in [1.165, 1.54) is 0 Å². The number of nitrogens with zero attached hydrogens (tertiary/aromatic N) is 1. The fourth-order valence-electron chi connectivity index (χ4n) is 3.69. The lowest BCUT2D eigenvalue weighted by Gasteiger charge is -2.40. The molecule has 32 heavy (non-hydrogen) atoms. The third kappa shape index (κ3) is 6.30. The Hall–Kier alpha value is -2.92. The Balaban J connectivity index is 0.000000312. The molecule has 1 spiro atoms. The first-order valence-corrected chi connectivity index (χ1v) is 11.1. The van der Waals surface area contributed by atoms with Crippen LogP contribution >= 0.6 is 11.8 Å². The fraction of sp³-hybridized carbons (Fsp3) is 0.476. The van der Waals surface area contributed by atoms with Gasteiger partial charge in [0.05, 0.1) is 17.7 Å². The van der Waals surface area contributed by atoms with Crippen molar-refractivity contribution >= 4 is 29.6 Å². The van der Waals surface area contributed by atoms with Crippen molar-refractivity contribution in [3.8, 4) is 17.2 Å². The summed E-state index contributed by atoms with van der Waals surface area (Å²) in [5.74, 6) is 0.397. The molecule has 3 aliphatic rings. The van der Waals surface area contributed by atoms with Crippen molar-refractivity contribution in [2.75, 3.05) is 39.1 Å². The number of para-hydroxylation sites is 1. The van der Waals surface area contributed by atoms with E-state index in [4.69, 9.17) is 24.4 Å². The molecule has 1 unspecified atom stereocenters. The standard InChI is InChI=1S/C17H22N2O4S.C4H4O4/c1-21-13-3-2-4-14-16(13)23-12(10-22-14)9-19-7-5-17(6-8-19)18-15(20)11-24-17;5-3(6)1-2-4(7)8/h2-4,12H,5-11H2,1H3,(H,18,20);1-2H,(H,5,6)(H,7,8)/b;2-1+. The fourth-order valence-corrected chi connectivity index (χ4v) is 4.82. The summed E-state index contributed by atoms with van der Waals surface area (Å²) in [4.78, 5) is 33.0. The van der Waals surface area contributed by atoms with Crippen LogP contribution in [0.25, 0.3) is 0 Å². The number of thioether (sulfide) groups is 1. The Bertz CT molecular complexity index is 852. The lowest BCUT2D eigenvalue weighted by molar-refractivity contribution is -0.134. The van der Waals surface area contributed by atoms with Gasteiger partial charge in [0.25, 0.3) is 0 Å². The SMILES string of the molecule is COc1cccc2c1OC(CN1CCC3(CC1)NC(=O)CS3)CO2.O=C(O)/C=C/C(=O)O. The number of carbonyl (C=O) groups excluding carboxylic acids is 1. The van der Waals surface area contributed by atoms with Gasteiger partial charge in [-0.2, -0.15) is 0 Å². The van der Waals surface area contributed by atoms with E-state index in [0.29, 0.717) is 36.0 Å². The number of carboxylic acids is 2. The lowest BCUT2D eigenvalue weighted by Crippen LogP contribution is -2.52. The number of rotatable bonds is 5. The average molecular weight is 467 g/mol. The van der Waals surface area contributed by atoms with Crippen molar-refractivity contribution in [2.45, 2.75) is 23.8 Å². The topological polar surface area (TPSA) is 135 Å². The molecule has 1 amide bonds. The van der Waals surface area contributed by atoms with Crippen molar-refractivity contribution in [2.24, 2.45) is 0 Å². The lowest BCUT2D eigenvalue weighted by atomic mass is 10.0. The third-order valence-electron chi connectivity index (χ3n) is 5.21. The van der Waals surface area contributed by atoms with Crippen molar-refractivity contribution in [1.29, 1.82) is 0 Å². The highest BCUT2D eigenvalue weighted by Crippen LogP contribution is 2.41. The predicted octanol–water partition coefficient (Wildman–Crippen LogP) is 1.20. The minimum Gasteiger partial charge on any atom is -0.493 e. The summed E-state index contributed by atoms with van der Waals surface area (Å²) in [5, 5.41) is 18.8. The van der Waals surface area contributed by atoms with E-state index >= 15 is 0 Å². The Kier molecular flexibility index (Phi) is 7.86. The molecule has 1 atom stereocenters. The molecule has 10 nitrogen and oxygen atoms in total. The number of hydrogen-bond donors (Lipinski definition) is 3. The Labute approximate surface area is 189 Å². The summed E-state index contributed by atoms with van der Waals surface area (Å²) in [7, 11) is 1.64. The molecule has 1 aromatic rings. The third-order valence-corrected chi connectivity index (χ3v) is 6.68. The molecule has 3 N–H and O–H groups in total. The zero-order chi connectivity index (χ0) is 23.1. The van der Waals surface area contributed by atoms with E-state index in [0.717, 1.165) is 38.2 Å². The number of ether oxygens (including phenoxy) is 3. The van der Waals surface area contributed by atoms with Gasteiger partial charge in [0.15, 0.2) is 11.5 Å². The monoisotopic (exact) mass is 466 g/mol. The number of carbonyl (C=O) groups is 3. The summed E-state index contributed by atoms with van der Waals surface area (Å²) < 4.78 is 17.3. The van der Waals surface area contributed by atoms with E-state index in [1.54, 1.807) is 18.9 Å². The van der Waals surface area contributed by atoms with Crippen LogP contribution in [0.5, 0.6) is 17.2 Å². The van der Waals surface area contributed by atoms with Gasteiger partial charge in [-0.3, -0.25) is 9.69 Å². The maximum atomic E-state index is 11.5. The molecule has 174 valence electrons. The van der Waals surface area contributed by atoms with E-state index in [1.807, 2.05) is 18.2 Å². The molecule has 0 saturated carbocycles. The van der Waals surface area contributed by atoms with Gasteiger partial charge in [-0.25, -0.2) is 9.59 Å². The molecule has 3 heterocycles. The second-order valence-electron chi connectivity index (χ2n) is 7.48. The van der Waals surface area contributed by atoms with Gasteiger partial charge in [0.2, 0.25) is 11.7 Å². The first kappa shape index (κ1) is 23.7. The Morgan fingerprint density at radius 3 is 2.53 bits per heavy atom. The number of aliphatic carboxylic acids is 2. The molecular formula is C21H26N2O8S. The van der Waals surface area contributed by atoms with Crippen LogP contribution in [-0.4, -0.2) is 83.0 Å². The number of benzene rings is 1. The van der Waals surface area contributed by atoms with Gasteiger partial charge in [0.1, 0.15) is 12.7 Å². The van der Waals surface area contributed by atoms with Gasteiger partial charge in [0, 0.05) is 31.8 Å². The second-order valence-corrected chi connectivity index (χ2v) is 8.84. The first-order chi connectivity index (χ1) is 15.3. The molecule has 11 heteroatoms. The van der Waals surface area contributed by atoms with Gasteiger partial charge in [-0.15, -0.1) is 11.8 Å². The van der Waals surface area contributed by atoms with Crippen molar-refractivity contribution in [3.63, 3.8) is 0 Å². The molecule has 0 radical (unpaired) electrons. The van der Waals surface area contributed by atoms with Crippen molar-refractivity contribution < 1.29 is 38.8 Å². The van der Waals surface area contributed by atoms with E-state index in [9.17, 15) is 14.4 Å². The van der Waals surface area contributed by atoms with E-state index in [2.05, 4.69) is 10.2 Å². The molecule has 3 aliphatic heterocycles. The highest BCUT2D eigenvalue weighted by Gasteiger charge is 2.41. The van der Waals surface area contributed by atoms with Gasteiger partial charge in [-0.1, -0.05) is 6.07 Å². The Morgan fingerprint density at radius 1 is 1.28 bits per heavy atom. The summed E-state index contributed by atoms with van der Waals surface area (Å²) >= 11 is 1.76. The summed E-state index contributed by atoms with van der Waals surface area (Å²) in [6.45, 7) is 3.30. The summed E-state index contributed by atoms with van der Waals surface area (Å²) in [6.07, 6.45) is 3.08. The van der Waals surface area contributed by atoms with Crippen LogP contribution in [0.1, 0.15) is 12.8 Å². The van der Waals surface area contributed by atoms with Gasteiger partial charge >= 0.3 is 11.9 Å². The quantitative estimate of drug-likeness (QED) is 0.543. The van der Waals surface area contributed by atoms with Crippen LogP contribution in [0.2, 0.25) is 0 Å². The average Bonchev–Trinajstić information content (AvgIpc) is 3.14. The number of carboxylic acid groups (broad SMARTS) is 2. The number of likely N-dealkylation sites (tertiary alicyclic amines) is 1. The van der Waals surface area contributed by atoms with Crippen LogP contribution in [0.3, 0.4) is 0 Å². The van der Waals surface area contributed by atoms with Crippen LogP contribution in [0, 0.1) is 0 Å². The number of methoxy groups -OCH3 is 1. The summed E-state index contributed by atoms with van der Waals surface area (Å²) in [5.41, 5.74) is 0. The first-order valence-electron chi connectivity index (χ1n) is 10.1. The highest BCUT2D eigenvalue weighted by atomic mass is 32.2. The highest BCUT2D eigenvalue weighted by molar-refractivity contribution is 8.01. The minimum atomic E-state index is -1.26. The molecule has 4 rings (SSSR count). The second kappa shape index (κ2) is 10.6. The van der Waals surface area contributed by atoms with Gasteiger partial charge in [-0.05, 0) is 25.0 Å². The Morgan fingerprint density at radius 2 is 1.97 bits per heavy atom. The molecular weight excluding hydrogens is 440 g/mol. The number of fused-ring (bicyclic) bond motifs is 1. The van der Waals surface area contributed by atoms with Crippen LogP contribution in [-0.2, 0) is 14.4 Å². The van der Waals surface area contributed by atoms with Gasteiger partial charge < -0.3 is 29.7 Å². The van der Waals surface area contributed by atoms with Crippen LogP contribution in [0.4, 0.5) is 0 Å². The zero-order valence-electron chi connectivity index (χ0n) is 17.6. The maximum Gasteiger partial charge on any atom is 0.328 e. The normalized spacial score (nSPS) is 21.5. The number of nitrogens with one attached hydrogen (secondary N) is 1. The van der Waals surface area contributed by atoms with E-state index in [-0.39, 0.29) is 16.9 Å². The van der Waals surface area contributed by atoms with Crippen molar-refractivity contribution in [1.82, 2.24) is 10.2 Å². The van der Waals surface area contributed by atoms with Crippen molar-refractivity contribution in [3.05, 3.63) is 30.4 Å². The molecule has 2 fully saturated rings. The van der Waals surface area contributed by atoms with E-state index < -0.39 is 11.9 Å². The van der Waals surface area contributed by atoms with Crippen LogP contribution in [0.15, 0.2) is 30.4 Å². The molecule has 1 aromatic carbocycles. The largest absolute Gasteiger partial charge is 0.493 e. The zero-order valence-corrected chi connectivity index (χ0v) is 18.4. The summed E-state index contributed by atoms with van der Waals surface area (Å²) in [6, 6.07) is 5.69. The molecule has 2 saturated heterocycles. The smallest absolute Gasteiger partial charge is 0.328 e. The minimum absolute atomic E-state index is 0.00586. The number of hydrogen-bond acceptors (Lipinski definition) is 8. The predicted molar refractivity (Wildman–Crippen MR) is 116 cm³/mol. The maximum absolute atomic E-state index is 11.5. The number of piperidine rings is 1. The molecule has 0 aromatic heterocycles. The number of amides is 1.